The van der Waals surface area contributed by atoms with Gasteiger partial charge in [0.15, 0.2) is 0 Å². The molecule has 16 heavy (non-hydrogen) atoms. The van der Waals surface area contributed by atoms with Crippen LogP contribution in [0.15, 0.2) is 30.3 Å². The van der Waals surface area contributed by atoms with Crippen molar-refractivity contribution in [3.63, 3.8) is 0 Å². The van der Waals surface area contributed by atoms with Crippen LogP contribution in [-0.4, -0.2) is 25.2 Å². The standard InChI is InChI=1S/C14H22N2/c1-14(2)11-13(9-10-15-14)16(3)12-7-5-4-6-8-12/h4-8,13,15H,9-11H2,1-3H3. The van der Waals surface area contributed by atoms with Crippen LogP contribution in [0.25, 0.3) is 0 Å². The lowest BCUT2D eigenvalue weighted by atomic mass is 9.88. The lowest BCUT2D eigenvalue weighted by molar-refractivity contribution is 0.272. The van der Waals surface area contributed by atoms with Crippen LogP contribution >= 0.6 is 0 Å². The van der Waals surface area contributed by atoms with Crippen molar-refractivity contribution in [2.45, 2.75) is 38.3 Å². The summed E-state index contributed by atoms with van der Waals surface area (Å²) in [6.07, 6.45) is 2.44. The van der Waals surface area contributed by atoms with Crippen LogP contribution in [0.1, 0.15) is 26.7 Å². The summed E-state index contributed by atoms with van der Waals surface area (Å²) in [5.41, 5.74) is 1.59. The lowest BCUT2D eigenvalue weighted by Crippen LogP contribution is -2.52. The highest BCUT2D eigenvalue weighted by molar-refractivity contribution is 5.46. The molecule has 0 aromatic heterocycles. The highest BCUT2D eigenvalue weighted by Gasteiger charge is 2.29. The number of hydrogen-bond donors (Lipinski definition) is 1. The quantitative estimate of drug-likeness (QED) is 0.821. The lowest BCUT2D eigenvalue weighted by Gasteiger charge is -2.41. The van der Waals surface area contributed by atoms with Crippen molar-refractivity contribution in [2.24, 2.45) is 0 Å². The van der Waals surface area contributed by atoms with Gasteiger partial charge in [0.05, 0.1) is 0 Å². The van der Waals surface area contributed by atoms with Gasteiger partial charge in [-0.2, -0.15) is 0 Å². The van der Waals surface area contributed by atoms with Crippen LogP contribution in [0.5, 0.6) is 0 Å². The van der Waals surface area contributed by atoms with E-state index in [9.17, 15) is 0 Å². The predicted molar refractivity (Wildman–Crippen MR) is 69.9 cm³/mol. The third kappa shape index (κ3) is 2.56. The Morgan fingerprint density at radius 2 is 1.94 bits per heavy atom. The summed E-state index contributed by atoms with van der Waals surface area (Å²) < 4.78 is 0. The van der Waals surface area contributed by atoms with Gasteiger partial charge in [-0.15, -0.1) is 0 Å². The van der Waals surface area contributed by atoms with Crippen molar-refractivity contribution in [1.29, 1.82) is 0 Å². The number of anilines is 1. The number of nitrogens with one attached hydrogen (secondary N) is 1. The van der Waals surface area contributed by atoms with Crippen molar-refractivity contribution in [3.8, 4) is 0 Å². The van der Waals surface area contributed by atoms with E-state index < -0.39 is 0 Å². The van der Waals surface area contributed by atoms with E-state index in [-0.39, 0.29) is 5.54 Å². The van der Waals surface area contributed by atoms with E-state index >= 15 is 0 Å². The first kappa shape index (κ1) is 11.5. The Balaban J connectivity index is 2.08. The molecule has 2 heteroatoms. The van der Waals surface area contributed by atoms with Crippen LogP contribution in [0.4, 0.5) is 5.69 Å². The maximum absolute atomic E-state index is 3.57. The van der Waals surface area contributed by atoms with E-state index in [1.807, 2.05) is 0 Å². The monoisotopic (exact) mass is 218 g/mol. The van der Waals surface area contributed by atoms with Gasteiger partial charge < -0.3 is 10.2 Å². The minimum atomic E-state index is 0.270. The van der Waals surface area contributed by atoms with Crippen molar-refractivity contribution >= 4 is 5.69 Å². The topological polar surface area (TPSA) is 15.3 Å². The van der Waals surface area contributed by atoms with E-state index in [0.717, 1.165) is 6.54 Å². The third-order valence-corrected chi connectivity index (χ3v) is 3.54. The minimum absolute atomic E-state index is 0.270. The molecule has 0 spiro atoms. The van der Waals surface area contributed by atoms with Crippen LogP contribution in [0.3, 0.4) is 0 Å². The molecule has 0 bridgehead atoms. The fourth-order valence-corrected chi connectivity index (χ4v) is 2.54. The number of nitrogens with zero attached hydrogens (tertiary/aromatic N) is 1. The number of piperidine rings is 1. The second-order valence-corrected chi connectivity index (χ2v) is 5.40. The van der Waals surface area contributed by atoms with Crippen molar-refractivity contribution in [1.82, 2.24) is 5.32 Å². The molecule has 1 unspecified atom stereocenters. The fourth-order valence-electron chi connectivity index (χ4n) is 2.54. The van der Waals surface area contributed by atoms with E-state index in [2.05, 4.69) is 61.4 Å². The molecule has 0 aliphatic carbocycles. The van der Waals surface area contributed by atoms with Gasteiger partial charge in [0, 0.05) is 24.3 Å². The summed E-state index contributed by atoms with van der Waals surface area (Å²) in [7, 11) is 2.21. The zero-order chi connectivity index (χ0) is 11.6. The van der Waals surface area contributed by atoms with Crippen molar-refractivity contribution in [3.05, 3.63) is 30.3 Å². The first-order valence-corrected chi connectivity index (χ1v) is 6.11. The van der Waals surface area contributed by atoms with Gasteiger partial charge in [0.25, 0.3) is 0 Å². The number of para-hydroxylation sites is 1. The summed E-state index contributed by atoms with van der Waals surface area (Å²) in [5.74, 6) is 0. The zero-order valence-corrected chi connectivity index (χ0v) is 10.5. The molecule has 2 nitrogen and oxygen atoms in total. The number of benzene rings is 1. The molecule has 0 saturated carbocycles. The van der Waals surface area contributed by atoms with Gasteiger partial charge in [0.1, 0.15) is 0 Å². The van der Waals surface area contributed by atoms with Gasteiger partial charge in [-0.1, -0.05) is 18.2 Å². The molecular weight excluding hydrogens is 196 g/mol. The van der Waals surface area contributed by atoms with Crippen molar-refractivity contribution in [2.75, 3.05) is 18.5 Å². The normalized spacial score (nSPS) is 24.1. The molecule has 2 rings (SSSR count). The summed E-state index contributed by atoms with van der Waals surface area (Å²) in [6, 6.07) is 11.3. The summed E-state index contributed by atoms with van der Waals surface area (Å²) in [6.45, 7) is 5.70. The van der Waals surface area contributed by atoms with Gasteiger partial charge in [-0.25, -0.2) is 0 Å². The Hall–Kier alpha value is -1.02. The summed E-state index contributed by atoms with van der Waals surface area (Å²) >= 11 is 0. The highest BCUT2D eigenvalue weighted by atomic mass is 15.2. The average Bonchev–Trinajstić information content (AvgIpc) is 2.28. The minimum Gasteiger partial charge on any atom is -0.371 e. The first-order chi connectivity index (χ1) is 7.58. The Kier molecular flexibility index (Phi) is 3.20. The number of rotatable bonds is 2. The SMILES string of the molecule is CN(c1ccccc1)C1CCNC(C)(C)C1. The predicted octanol–water partition coefficient (Wildman–Crippen LogP) is 2.65. The Bertz CT molecular complexity index is 332. The number of hydrogen-bond acceptors (Lipinski definition) is 2. The van der Waals surface area contributed by atoms with Crippen LogP contribution in [-0.2, 0) is 0 Å². The van der Waals surface area contributed by atoms with Crippen LogP contribution in [0, 0.1) is 0 Å². The maximum atomic E-state index is 3.57. The van der Waals surface area contributed by atoms with Crippen LogP contribution < -0.4 is 10.2 Å². The molecule has 1 atom stereocenters. The van der Waals surface area contributed by atoms with E-state index in [4.69, 9.17) is 0 Å². The molecule has 0 radical (unpaired) electrons. The fraction of sp³-hybridized carbons (Fsp3) is 0.571. The Morgan fingerprint density at radius 1 is 1.25 bits per heavy atom. The molecule has 1 aromatic rings. The van der Waals surface area contributed by atoms with Gasteiger partial charge in [-0.3, -0.25) is 0 Å². The molecule has 88 valence electrons. The molecule has 1 saturated heterocycles. The highest BCUT2D eigenvalue weighted by Crippen LogP contribution is 2.25. The molecule has 1 aliphatic rings. The molecule has 1 aromatic carbocycles. The van der Waals surface area contributed by atoms with Gasteiger partial charge in [0.2, 0.25) is 0 Å². The molecule has 1 heterocycles. The summed E-state index contributed by atoms with van der Waals surface area (Å²) in [5, 5.41) is 3.57. The molecule has 1 fully saturated rings. The maximum Gasteiger partial charge on any atom is 0.0366 e. The zero-order valence-electron chi connectivity index (χ0n) is 10.5. The molecular formula is C14H22N2. The second kappa shape index (κ2) is 4.46. The van der Waals surface area contributed by atoms with Crippen molar-refractivity contribution < 1.29 is 0 Å². The third-order valence-electron chi connectivity index (χ3n) is 3.54. The van der Waals surface area contributed by atoms with Gasteiger partial charge in [-0.05, 0) is 45.4 Å². The van der Waals surface area contributed by atoms with Gasteiger partial charge >= 0.3 is 0 Å². The molecule has 1 N–H and O–H groups in total. The van der Waals surface area contributed by atoms with Crippen LogP contribution in [0.2, 0.25) is 0 Å². The largest absolute Gasteiger partial charge is 0.371 e. The Morgan fingerprint density at radius 3 is 2.56 bits per heavy atom. The molecule has 1 aliphatic heterocycles. The first-order valence-electron chi connectivity index (χ1n) is 6.11. The van der Waals surface area contributed by atoms with E-state index in [0.29, 0.717) is 6.04 Å². The van der Waals surface area contributed by atoms with E-state index in [1.54, 1.807) is 0 Å². The summed E-state index contributed by atoms with van der Waals surface area (Å²) in [4.78, 5) is 2.42. The van der Waals surface area contributed by atoms with E-state index in [1.165, 1.54) is 18.5 Å². The average molecular weight is 218 g/mol. The Labute approximate surface area is 98.7 Å². The molecule has 0 amide bonds. The smallest absolute Gasteiger partial charge is 0.0366 e. The second-order valence-electron chi connectivity index (χ2n) is 5.40.